The van der Waals surface area contributed by atoms with E-state index in [1.807, 2.05) is 0 Å². The summed E-state index contributed by atoms with van der Waals surface area (Å²) in [7, 11) is 0. The fourth-order valence-corrected chi connectivity index (χ4v) is 5.45. The topological polar surface area (TPSA) is 32.8 Å². The van der Waals surface area contributed by atoms with Crippen LogP contribution in [-0.4, -0.2) is 61.6 Å². The van der Waals surface area contributed by atoms with E-state index in [1.54, 1.807) is 0 Å². The van der Waals surface area contributed by atoms with Crippen molar-refractivity contribution in [2.45, 2.75) is 39.0 Å². The molecule has 0 bridgehead atoms. The average molecular weight is 421 g/mol. The first-order chi connectivity index (χ1) is 15.0. The Kier molecular flexibility index (Phi) is 6.78. The van der Waals surface area contributed by atoms with Gasteiger partial charge in [-0.1, -0.05) is 66.6 Å². The Morgan fingerprint density at radius 1 is 0.935 bits per heavy atom. The summed E-state index contributed by atoms with van der Waals surface area (Å²) in [6.45, 7) is 12.5. The third kappa shape index (κ3) is 4.42. The quantitative estimate of drug-likeness (QED) is 0.703. The molecule has 0 aliphatic carbocycles. The number of morpholine rings is 1. The maximum atomic E-state index is 14.5. The van der Waals surface area contributed by atoms with Crippen LogP contribution >= 0.6 is 0 Å². The zero-order valence-corrected chi connectivity index (χ0v) is 19.3. The zero-order valence-electron chi connectivity index (χ0n) is 19.3. The fraction of sp³-hybridized carbons (Fsp3) is 0.519. The van der Waals surface area contributed by atoms with E-state index in [-0.39, 0.29) is 11.8 Å². The molecule has 2 heterocycles. The van der Waals surface area contributed by atoms with Crippen LogP contribution in [0.15, 0.2) is 48.5 Å². The highest BCUT2D eigenvalue weighted by molar-refractivity contribution is 5.93. The van der Waals surface area contributed by atoms with Crippen LogP contribution in [0.3, 0.4) is 0 Å². The van der Waals surface area contributed by atoms with Gasteiger partial charge in [-0.25, -0.2) is 0 Å². The van der Waals surface area contributed by atoms with Crippen LogP contribution in [0, 0.1) is 19.8 Å². The summed E-state index contributed by atoms with van der Waals surface area (Å²) in [5.74, 6) is 0.393. The van der Waals surface area contributed by atoms with Crippen molar-refractivity contribution < 1.29 is 9.53 Å². The van der Waals surface area contributed by atoms with E-state index in [4.69, 9.17) is 4.74 Å². The van der Waals surface area contributed by atoms with Crippen molar-refractivity contribution in [3.05, 3.63) is 70.8 Å². The average Bonchev–Trinajstić information content (AvgIpc) is 3.30. The fourth-order valence-electron chi connectivity index (χ4n) is 5.45. The summed E-state index contributed by atoms with van der Waals surface area (Å²) >= 11 is 0. The van der Waals surface area contributed by atoms with E-state index in [9.17, 15) is 4.79 Å². The molecule has 0 spiro atoms. The van der Waals surface area contributed by atoms with E-state index in [0.717, 1.165) is 69.9 Å². The lowest BCUT2D eigenvalue weighted by Crippen LogP contribution is -2.54. The molecule has 0 radical (unpaired) electrons. The molecule has 0 saturated carbocycles. The molecule has 31 heavy (non-hydrogen) atoms. The SMILES string of the molecule is Cc1cccc(C(C(=O)N2CCCC2)(c2cccc(C)c2)[C@H](C)CN2CCOCC2)c1. The summed E-state index contributed by atoms with van der Waals surface area (Å²) in [5, 5.41) is 0. The van der Waals surface area contributed by atoms with Gasteiger partial charge in [-0.2, -0.15) is 0 Å². The van der Waals surface area contributed by atoms with Crippen LogP contribution < -0.4 is 0 Å². The Balaban J connectivity index is 1.87. The number of rotatable bonds is 6. The van der Waals surface area contributed by atoms with Gasteiger partial charge in [0.15, 0.2) is 0 Å². The van der Waals surface area contributed by atoms with Gasteiger partial charge in [-0.3, -0.25) is 9.69 Å². The van der Waals surface area contributed by atoms with Crippen LogP contribution in [0.5, 0.6) is 0 Å². The normalized spacial score (nSPS) is 18.9. The number of carbonyl (C=O) groups excluding carboxylic acids is 1. The number of amides is 1. The maximum absolute atomic E-state index is 14.5. The van der Waals surface area contributed by atoms with Gasteiger partial charge in [0.2, 0.25) is 5.91 Å². The number of benzene rings is 2. The van der Waals surface area contributed by atoms with Gasteiger partial charge in [-0.15, -0.1) is 0 Å². The van der Waals surface area contributed by atoms with Gasteiger partial charge >= 0.3 is 0 Å². The molecule has 0 unspecified atom stereocenters. The predicted octanol–water partition coefficient (Wildman–Crippen LogP) is 4.18. The Hall–Kier alpha value is -2.17. The molecule has 0 N–H and O–H groups in total. The molecule has 166 valence electrons. The van der Waals surface area contributed by atoms with Gasteiger partial charge in [-0.05, 0) is 43.7 Å². The van der Waals surface area contributed by atoms with Crippen molar-refractivity contribution >= 4 is 5.91 Å². The molecule has 1 amide bonds. The molecule has 2 aromatic rings. The number of hydrogen-bond donors (Lipinski definition) is 0. The number of aryl methyl sites for hydroxylation is 2. The first kappa shape index (κ1) is 22.0. The Morgan fingerprint density at radius 3 is 2.00 bits per heavy atom. The second-order valence-corrected chi connectivity index (χ2v) is 9.36. The van der Waals surface area contributed by atoms with E-state index in [1.165, 1.54) is 11.1 Å². The predicted molar refractivity (Wildman–Crippen MR) is 125 cm³/mol. The summed E-state index contributed by atoms with van der Waals surface area (Å²) in [6.07, 6.45) is 2.20. The molecule has 1 atom stereocenters. The Bertz CT molecular complexity index is 852. The summed E-state index contributed by atoms with van der Waals surface area (Å²) in [5.41, 5.74) is 3.94. The number of ether oxygens (including phenoxy) is 1. The van der Waals surface area contributed by atoms with E-state index < -0.39 is 5.41 Å². The highest BCUT2D eigenvalue weighted by Crippen LogP contribution is 2.43. The first-order valence-corrected chi connectivity index (χ1v) is 11.8. The highest BCUT2D eigenvalue weighted by atomic mass is 16.5. The molecule has 2 fully saturated rings. The Morgan fingerprint density at radius 2 is 1.48 bits per heavy atom. The third-order valence-corrected chi connectivity index (χ3v) is 7.05. The molecule has 2 aliphatic heterocycles. The van der Waals surface area contributed by atoms with Crippen molar-refractivity contribution in [2.24, 2.45) is 5.92 Å². The minimum atomic E-state index is -0.694. The lowest BCUT2D eigenvalue weighted by Gasteiger charge is -2.44. The Labute approximate surface area is 187 Å². The molecule has 4 heteroatoms. The molecular formula is C27H36N2O2. The number of hydrogen-bond acceptors (Lipinski definition) is 3. The largest absolute Gasteiger partial charge is 0.379 e. The van der Waals surface area contributed by atoms with E-state index >= 15 is 0 Å². The monoisotopic (exact) mass is 420 g/mol. The maximum Gasteiger partial charge on any atom is 0.238 e. The first-order valence-electron chi connectivity index (χ1n) is 11.8. The van der Waals surface area contributed by atoms with Crippen LogP contribution in [0.1, 0.15) is 42.0 Å². The third-order valence-electron chi connectivity index (χ3n) is 7.05. The molecule has 4 nitrogen and oxygen atoms in total. The number of nitrogens with zero attached hydrogens (tertiary/aromatic N) is 2. The second-order valence-electron chi connectivity index (χ2n) is 9.36. The summed E-state index contributed by atoms with van der Waals surface area (Å²) in [6, 6.07) is 17.2. The zero-order chi connectivity index (χ0) is 21.8. The van der Waals surface area contributed by atoms with Crippen LogP contribution in [0.2, 0.25) is 0 Å². The summed E-state index contributed by atoms with van der Waals surface area (Å²) < 4.78 is 5.58. The molecule has 4 rings (SSSR count). The smallest absolute Gasteiger partial charge is 0.238 e. The minimum Gasteiger partial charge on any atom is -0.379 e. The molecule has 0 aromatic heterocycles. The number of carbonyl (C=O) groups is 1. The van der Waals surface area contributed by atoms with Gasteiger partial charge in [0.25, 0.3) is 0 Å². The molecule has 2 aliphatic rings. The molecule has 2 saturated heterocycles. The lowest BCUT2D eigenvalue weighted by atomic mass is 9.64. The van der Waals surface area contributed by atoms with E-state index in [0.29, 0.717) is 0 Å². The van der Waals surface area contributed by atoms with Gasteiger partial charge in [0, 0.05) is 32.7 Å². The van der Waals surface area contributed by atoms with Crippen molar-refractivity contribution in [1.82, 2.24) is 9.80 Å². The highest BCUT2D eigenvalue weighted by Gasteiger charge is 2.49. The van der Waals surface area contributed by atoms with Crippen LogP contribution in [0.4, 0.5) is 0 Å². The van der Waals surface area contributed by atoms with Gasteiger partial charge in [0.1, 0.15) is 5.41 Å². The second kappa shape index (κ2) is 9.54. The van der Waals surface area contributed by atoms with Crippen molar-refractivity contribution in [3.63, 3.8) is 0 Å². The number of likely N-dealkylation sites (tertiary alicyclic amines) is 1. The van der Waals surface area contributed by atoms with Crippen LogP contribution in [0.25, 0.3) is 0 Å². The van der Waals surface area contributed by atoms with Gasteiger partial charge in [0.05, 0.1) is 13.2 Å². The van der Waals surface area contributed by atoms with Crippen molar-refractivity contribution in [2.75, 3.05) is 45.9 Å². The summed E-state index contributed by atoms with van der Waals surface area (Å²) in [4.78, 5) is 19.0. The molecular weight excluding hydrogens is 384 g/mol. The van der Waals surface area contributed by atoms with Crippen molar-refractivity contribution in [3.8, 4) is 0 Å². The van der Waals surface area contributed by atoms with E-state index in [2.05, 4.69) is 79.1 Å². The van der Waals surface area contributed by atoms with Crippen LogP contribution in [-0.2, 0) is 14.9 Å². The minimum absolute atomic E-state index is 0.127. The lowest BCUT2D eigenvalue weighted by molar-refractivity contribution is -0.137. The van der Waals surface area contributed by atoms with Crippen molar-refractivity contribution in [1.29, 1.82) is 0 Å². The molecule has 2 aromatic carbocycles. The van der Waals surface area contributed by atoms with Gasteiger partial charge < -0.3 is 9.64 Å². The standard InChI is InChI=1S/C27H36N2O2/c1-21-8-6-10-24(18-21)27(25-11-7-9-22(2)19-25,26(30)29-12-4-5-13-29)23(3)20-28-14-16-31-17-15-28/h6-11,18-19,23H,4-5,12-17,20H2,1-3H3/t23-/m1/s1.